The number of hydrogen-bond acceptors (Lipinski definition) is 6. The molecule has 0 bridgehead atoms. The van der Waals surface area contributed by atoms with Crippen molar-refractivity contribution in [1.29, 1.82) is 0 Å². The SMILES string of the molecule is CC(=O)Oc1ccc(C[C@H](NC(=O)OC(C)(C)C)C(=O)OC(C)(C)C)cc1I. The third-order valence-electron chi connectivity index (χ3n) is 3.07. The van der Waals surface area contributed by atoms with Gasteiger partial charge in [-0.05, 0) is 81.8 Å². The minimum absolute atomic E-state index is 0.199. The van der Waals surface area contributed by atoms with Crippen molar-refractivity contribution in [2.75, 3.05) is 0 Å². The van der Waals surface area contributed by atoms with Gasteiger partial charge in [0, 0.05) is 13.3 Å². The third-order valence-corrected chi connectivity index (χ3v) is 3.92. The van der Waals surface area contributed by atoms with Crippen LogP contribution in [0.5, 0.6) is 5.75 Å². The predicted octanol–water partition coefficient (Wildman–Crippen LogP) is 3.99. The van der Waals surface area contributed by atoms with E-state index in [2.05, 4.69) is 5.32 Å². The summed E-state index contributed by atoms with van der Waals surface area (Å²) in [5.74, 6) is -0.535. The maximum atomic E-state index is 12.6. The predicted molar refractivity (Wildman–Crippen MR) is 113 cm³/mol. The van der Waals surface area contributed by atoms with E-state index in [4.69, 9.17) is 14.2 Å². The molecule has 0 saturated carbocycles. The van der Waals surface area contributed by atoms with E-state index in [0.29, 0.717) is 9.32 Å². The number of carbonyl (C=O) groups is 3. The zero-order valence-corrected chi connectivity index (χ0v) is 19.5. The van der Waals surface area contributed by atoms with Crippen LogP contribution in [-0.2, 0) is 25.5 Å². The molecule has 1 atom stereocenters. The Balaban J connectivity index is 3.01. The number of hydrogen-bond donors (Lipinski definition) is 1. The van der Waals surface area contributed by atoms with Crippen molar-refractivity contribution in [3.05, 3.63) is 27.3 Å². The average molecular weight is 505 g/mol. The number of nitrogens with one attached hydrogen (secondary N) is 1. The van der Waals surface area contributed by atoms with Crippen LogP contribution < -0.4 is 10.1 Å². The molecule has 0 saturated heterocycles. The first kappa shape index (κ1) is 24.2. The molecule has 0 aliphatic carbocycles. The summed E-state index contributed by atoms with van der Waals surface area (Å²) in [5, 5.41) is 2.59. The second kappa shape index (κ2) is 9.58. The van der Waals surface area contributed by atoms with Crippen molar-refractivity contribution in [3.8, 4) is 5.75 Å². The van der Waals surface area contributed by atoms with Crippen molar-refractivity contribution in [1.82, 2.24) is 5.32 Å². The smallest absolute Gasteiger partial charge is 0.408 e. The van der Waals surface area contributed by atoms with Gasteiger partial charge in [-0.2, -0.15) is 0 Å². The molecule has 0 heterocycles. The molecule has 7 nitrogen and oxygen atoms in total. The number of amides is 1. The van der Waals surface area contributed by atoms with Crippen molar-refractivity contribution < 1.29 is 28.6 Å². The highest BCUT2D eigenvalue weighted by Crippen LogP contribution is 2.23. The quantitative estimate of drug-likeness (QED) is 0.370. The first-order chi connectivity index (χ1) is 12.7. The number of carbonyl (C=O) groups excluding carboxylic acids is 3. The summed E-state index contributed by atoms with van der Waals surface area (Å²) in [6.07, 6.45) is -0.501. The molecule has 0 unspecified atom stereocenters. The molecule has 0 aromatic heterocycles. The molecule has 1 rings (SSSR count). The van der Waals surface area contributed by atoms with Gasteiger partial charge in [-0.1, -0.05) is 6.07 Å². The average Bonchev–Trinajstić information content (AvgIpc) is 2.45. The summed E-state index contributed by atoms with van der Waals surface area (Å²) in [6, 6.07) is 4.24. The van der Waals surface area contributed by atoms with Gasteiger partial charge in [-0.15, -0.1) is 0 Å². The molecule has 1 aromatic carbocycles. The van der Waals surface area contributed by atoms with Crippen LogP contribution in [0.2, 0.25) is 0 Å². The number of halogens is 1. The Labute approximate surface area is 179 Å². The van der Waals surface area contributed by atoms with E-state index >= 15 is 0 Å². The third kappa shape index (κ3) is 9.38. The molecule has 0 radical (unpaired) electrons. The highest BCUT2D eigenvalue weighted by atomic mass is 127. The summed E-state index contributed by atoms with van der Waals surface area (Å²) >= 11 is 2.04. The maximum Gasteiger partial charge on any atom is 0.408 e. The topological polar surface area (TPSA) is 90.9 Å². The van der Waals surface area contributed by atoms with Crippen LogP contribution in [-0.4, -0.2) is 35.3 Å². The highest BCUT2D eigenvalue weighted by Gasteiger charge is 2.29. The zero-order chi connectivity index (χ0) is 21.7. The standard InChI is InChI=1S/C20H28INO6/c1-12(23)26-16-9-8-13(10-14(16)21)11-15(17(24)27-19(2,3)4)22-18(25)28-20(5,6)7/h8-10,15H,11H2,1-7H3,(H,22,25)/t15-/m0/s1. The molecule has 8 heteroatoms. The number of ether oxygens (including phenoxy) is 3. The second-order valence-electron chi connectivity index (χ2n) is 8.29. The van der Waals surface area contributed by atoms with Crippen molar-refractivity contribution >= 4 is 40.6 Å². The van der Waals surface area contributed by atoms with E-state index in [1.807, 2.05) is 22.6 Å². The molecule has 156 valence electrons. The first-order valence-corrected chi connectivity index (χ1v) is 9.93. The van der Waals surface area contributed by atoms with E-state index < -0.39 is 35.3 Å². The minimum Gasteiger partial charge on any atom is -0.458 e. The lowest BCUT2D eigenvalue weighted by molar-refractivity contribution is -0.157. The van der Waals surface area contributed by atoms with Crippen LogP contribution in [0.1, 0.15) is 54.0 Å². The maximum absolute atomic E-state index is 12.6. The van der Waals surface area contributed by atoms with E-state index in [9.17, 15) is 14.4 Å². The Morgan fingerprint density at radius 1 is 1.04 bits per heavy atom. The van der Waals surface area contributed by atoms with Crippen LogP contribution in [0.3, 0.4) is 0 Å². The molecular weight excluding hydrogens is 477 g/mol. The van der Waals surface area contributed by atoms with Gasteiger partial charge in [-0.3, -0.25) is 4.79 Å². The Hall–Kier alpha value is -1.84. The second-order valence-corrected chi connectivity index (χ2v) is 9.46. The Morgan fingerprint density at radius 3 is 2.07 bits per heavy atom. The van der Waals surface area contributed by atoms with Gasteiger partial charge >= 0.3 is 18.0 Å². The Kier molecular flexibility index (Phi) is 8.28. The molecule has 0 spiro atoms. The van der Waals surface area contributed by atoms with Gasteiger partial charge in [0.05, 0.1) is 3.57 Å². The fraction of sp³-hybridized carbons (Fsp3) is 0.550. The lowest BCUT2D eigenvalue weighted by Gasteiger charge is -2.26. The molecule has 1 amide bonds. The van der Waals surface area contributed by atoms with Crippen LogP contribution in [0.4, 0.5) is 4.79 Å². The molecule has 0 aliphatic heterocycles. The molecule has 1 aromatic rings. The fourth-order valence-electron chi connectivity index (χ4n) is 2.16. The Morgan fingerprint density at radius 2 is 1.61 bits per heavy atom. The molecule has 28 heavy (non-hydrogen) atoms. The minimum atomic E-state index is -0.926. The summed E-state index contributed by atoms with van der Waals surface area (Å²) in [6.45, 7) is 11.8. The molecule has 0 aliphatic rings. The normalized spacial score (nSPS) is 12.7. The summed E-state index contributed by atoms with van der Waals surface area (Å²) < 4.78 is 16.5. The van der Waals surface area contributed by atoms with Gasteiger partial charge in [0.1, 0.15) is 23.0 Å². The number of rotatable bonds is 5. The van der Waals surface area contributed by atoms with Gasteiger partial charge in [-0.25, -0.2) is 9.59 Å². The van der Waals surface area contributed by atoms with Gasteiger partial charge in [0.2, 0.25) is 0 Å². The zero-order valence-electron chi connectivity index (χ0n) is 17.3. The van der Waals surface area contributed by atoms with E-state index in [1.165, 1.54) is 6.92 Å². The van der Waals surface area contributed by atoms with Gasteiger partial charge in [0.15, 0.2) is 0 Å². The largest absolute Gasteiger partial charge is 0.458 e. The molecular formula is C20H28INO6. The van der Waals surface area contributed by atoms with Gasteiger partial charge < -0.3 is 19.5 Å². The summed E-state index contributed by atoms with van der Waals surface area (Å²) in [4.78, 5) is 35.9. The number of esters is 2. The van der Waals surface area contributed by atoms with Crippen molar-refractivity contribution in [2.45, 2.75) is 72.1 Å². The van der Waals surface area contributed by atoms with Crippen LogP contribution in [0.15, 0.2) is 18.2 Å². The lowest BCUT2D eigenvalue weighted by atomic mass is 10.1. The fourth-order valence-corrected chi connectivity index (χ4v) is 2.85. The first-order valence-electron chi connectivity index (χ1n) is 8.85. The van der Waals surface area contributed by atoms with Crippen LogP contribution >= 0.6 is 22.6 Å². The van der Waals surface area contributed by atoms with Crippen LogP contribution in [0.25, 0.3) is 0 Å². The molecule has 1 N–H and O–H groups in total. The van der Waals surface area contributed by atoms with E-state index in [0.717, 1.165) is 5.56 Å². The van der Waals surface area contributed by atoms with E-state index in [1.54, 1.807) is 59.7 Å². The molecule has 0 fully saturated rings. The van der Waals surface area contributed by atoms with E-state index in [-0.39, 0.29) is 6.42 Å². The summed E-state index contributed by atoms with van der Waals surface area (Å²) in [7, 11) is 0. The van der Waals surface area contributed by atoms with Gasteiger partial charge in [0.25, 0.3) is 0 Å². The lowest BCUT2D eigenvalue weighted by Crippen LogP contribution is -2.47. The van der Waals surface area contributed by atoms with Crippen LogP contribution in [0, 0.1) is 3.57 Å². The van der Waals surface area contributed by atoms with Crippen molar-refractivity contribution in [2.24, 2.45) is 0 Å². The monoisotopic (exact) mass is 505 g/mol. The number of benzene rings is 1. The van der Waals surface area contributed by atoms with Crippen molar-refractivity contribution in [3.63, 3.8) is 0 Å². The Bertz CT molecular complexity index is 733. The number of alkyl carbamates (subject to hydrolysis) is 1. The summed E-state index contributed by atoms with van der Waals surface area (Å²) in [5.41, 5.74) is -0.616. The highest BCUT2D eigenvalue weighted by molar-refractivity contribution is 14.1.